The highest BCUT2D eigenvalue weighted by Crippen LogP contribution is 2.21. The van der Waals surface area contributed by atoms with E-state index in [0.717, 1.165) is 30.5 Å². The molecule has 9 nitrogen and oxygen atoms in total. The SMILES string of the molecule is O=C(Nc1ccc(F)c([N+](=O)[O-])c1)c1c[nH]c(=O)n(Cc2ccccc2F)c1=O. The van der Waals surface area contributed by atoms with Crippen molar-refractivity contribution in [2.24, 2.45) is 0 Å². The van der Waals surface area contributed by atoms with Crippen molar-refractivity contribution in [2.45, 2.75) is 6.54 Å². The summed E-state index contributed by atoms with van der Waals surface area (Å²) in [5, 5.41) is 13.0. The van der Waals surface area contributed by atoms with Crippen LogP contribution in [0.15, 0.2) is 58.3 Å². The molecule has 0 radical (unpaired) electrons. The topological polar surface area (TPSA) is 127 Å². The molecule has 0 saturated carbocycles. The summed E-state index contributed by atoms with van der Waals surface area (Å²) < 4.78 is 27.9. The van der Waals surface area contributed by atoms with Crippen LogP contribution in [0.4, 0.5) is 20.2 Å². The van der Waals surface area contributed by atoms with Crippen molar-refractivity contribution >= 4 is 17.3 Å². The highest BCUT2D eigenvalue weighted by Gasteiger charge is 2.19. The van der Waals surface area contributed by atoms with Crippen LogP contribution in [0.1, 0.15) is 15.9 Å². The van der Waals surface area contributed by atoms with Gasteiger partial charge in [-0.1, -0.05) is 18.2 Å². The molecule has 1 heterocycles. The first kappa shape index (κ1) is 19.6. The second kappa shape index (κ2) is 7.84. The van der Waals surface area contributed by atoms with Crippen molar-refractivity contribution < 1.29 is 18.5 Å². The van der Waals surface area contributed by atoms with E-state index in [1.165, 1.54) is 18.2 Å². The Morgan fingerprint density at radius 1 is 1.14 bits per heavy atom. The van der Waals surface area contributed by atoms with E-state index in [4.69, 9.17) is 0 Å². The molecule has 0 fully saturated rings. The van der Waals surface area contributed by atoms with Gasteiger partial charge in [0.2, 0.25) is 5.82 Å². The van der Waals surface area contributed by atoms with Crippen molar-refractivity contribution in [3.8, 4) is 0 Å². The van der Waals surface area contributed by atoms with E-state index in [9.17, 15) is 33.3 Å². The summed E-state index contributed by atoms with van der Waals surface area (Å²) in [4.78, 5) is 49.0. The minimum Gasteiger partial charge on any atom is -0.322 e. The summed E-state index contributed by atoms with van der Waals surface area (Å²) in [6.45, 7) is -0.413. The largest absolute Gasteiger partial charge is 0.328 e. The molecule has 148 valence electrons. The zero-order valence-electron chi connectivity index (χ0n) is 14.5. The number of nitro benzene ring substituents is 1. The molecule has 0 aliphatic heterocycles. The number of carbonyl (C=O) groups excluding carboxylic acids is 1. The standard InChI is InChI=1S/C18H12F2N4O5/c19-13-4-2-1-3-10(13)9-23-17(26)12(8-21-18(23)27)16(25)22-11-5-6-14(20)15(7-11)24(28)29/h1-8H,9H2,(H,21,27)(H,22,25). The third kappa shape index (κ3) is 4.08. The number of nitrogens with zero attached hydrogens (tertiary/aromatic N) is 2. The van der Waals surface area contributed by atoms with E-state index in [1.54, 1.807) is 0 Å². The molecule has 0 atom stereocenters. The van der Waals surface area contributed by atoms with Crippen molar-refractivity contribution in [1.82, 2.24) is 9.55 Å². The molecule has 29 heavy (non-hydrogen) atoms. The Bertz CT molecular complexity index is 1240. The van der Waals surface area contributed by atoms with E-state index >= 15 is 0 Å². The minimum absolute atomic E-state index is 0.0619. The van der Waals surface area contributed by atoms with Gasteiger partial charge in [-0.2, -0.15) is 4.39 Å². The van der Waals surface area contributed by atoms with Crippen LogP contribution in [0.25, 0.3) is 0 Å². The second-order valence-corrected chi connectivity index (χ2v) is 5.87. The average Bonchev–Trinajstić information content (AvgIpc) is 2.67. The highest BCUT2D eigenvalue weighted by molar-refractivity contribution is 6.03. The van der Waals surface area contributed by atoms with Crippen LogP contribution in [0.2, 0.25) is 0 Å². The fourth-order valence-electron chi connectivity index (χ4n) is 2.54. The molecule has 0 spiro atoms. The van der Waals surface area contributed by atoms with Crippen molar-refractivity contribution in [1.29, 1.82) is 0 Å². The average molecular weight is 402 g/mol. The Balaban J connectivity index is 1.94. The van der Waals surface area contributed by atoms with Crippen molar-refractivity contribution in [2.75, 3.05) is 5.32 Å². The molecule has 0 unspecified atom stereocenters. The smallest absolute Gasteiger partial charge is 0.322 e. The van der Waals surface area contributed by atoms with Crippen LogP contribution in [0.5, 0.6) is 0 Å². The summed E-state index contributed by atoms with van der Waals surface area (Å²) >= 11 is 0. The van der Waals surface area contributed by atoms with Crippen LogP contribution < -0.4 is 16.6 Å². The van der Waals surface area contributed by atoms with E-state index < -0.39 is 51.5 Å². The number of hydrogen-bond donors (Lipinski definition) is 2. The van der Waals surface area contributed by atoms with Gasteiger partial charge in [0.15, 0.2) is 0 Å². The number of anilines is 1. The van der Waals surface area contributed by atoms with E-state index in [0.29, 0.717) is 4.57 Å². The van der Waals surface area contributed by atoms with Crippen LogP contribution in [0.3, 0.4) is 0 Å². The first-order valence-electron chi connectivity index (χ1n) is 8.09. The summed E-state index contributed by atoms with van der Waals surface area (Å²) in [5.41, 5.74) is -3.27. The highest BCUT2D eigenvalue weighted by atomic mass is 19.1. The fourth-order valence-corrected chi connectivity index (χ4v) is 2.54. The van der Waals surface area contributed by atoms with Gasteiger partial charge in [0.25, 0.3) is 11.5 Å². The number of carbonyl (C=O) groups is 1. The third-order valence-electron chi connectivity index (χ3n) is 3.99. The quantitative estimate of drug-likeness (QED) is 0.499. The lowest BCUT2D eigenvalue weighted by Gasteiger charge is -2.09. The zero-order valence-corrected chi connectivity index (χ0v) is 14.5. The number of nitrogens with one attached hydrogen (secondary N) is 2. The summed E-state index contributed by atoms with van der Waals surface area (Å²) in [6, 6.07) is 8.16. The Labute approximate surface area is 160 Å². The summed E-state index contributed by atoms with van der Waals surface area (Å²) in [5.74, 6) is -2.72. The summed E-state index contributed by atoms with van der Waals surface area (Å²) in [7, 11) is 0. The van der Waals surface area contributed by atoms with Gasteiger partial charge in [-0.15, -0.1) is 0 Å². The van der Waals surface area contributed by atoms with E-state index in [1.807, 2.05) is 0 Å². The van der Waals surface area contributed by atoms with Crippen molar-refractivity contribution in [3.05, 3.63) is 102 Å². The Kier molecular flexibility index (Phi) is 5.30. The lowest BCUT2D eigenvalue weighted by Crippen LogP contribution is -2.39. The molecule has 0 bridgehead atoms. The molecular weight excluding hydrogens is 390 g/mol. The molecule has 0 aliphatic carbocycles. The molecule has 3 rings (SSSR count). The van der Waals surface area contributed by atoms with Crippen LogP contribution in [0, 0.1) is 21.7 Å². The van der Waals surface area contributed by atoms with Gasteiger partial charge >= 0.3 is 11.4 Å². The Hall–Kier alpha value is -4.15. The number of rotatable bonds is 5. The maximum atomic E-state index is 13.8. The van der Waals surface area contributed by atoms with Gasteiger partial charge in [0.1, 0.15) is 11.4 Å². The maximum Gasteiger partial charge on any atom is 0.328 e. The van der Waals surface area contributed by atoms with Gasteiger partial charge < -0.3 is 10.3 Å². The van der Waals surface area contributed by atoms with Crippen LogP contribution >= 0.6 is 0 Å². The van der Waals surface area contributed by atoms with E-state index in [2.05, 4.69) is 10.3 Å². The Morgan fingerprint density at radius 3 is 2.55 bits per heavy atom. The zero-order chi connectivity index (χ0) is 21.1. The number of aromatic nitrogens is 2. The van der Waals surface area contributed by atoms with E-state index in [-0.39, 0.29) is 11.3 Å². The first-order valence-corrected chi connectivity index (χ1v) is 8.09. The fraction of sp³-hybridized carbons (Fsp3) is 0.0556. The number of aromatic amines is 1. The number of nitro groups is 1. The second-order valence-electron chi connectivity index (χ2n) is 5.87. The Morgan fingerprint density at radius 2 is 1.86 bits per heavy atom. The predicted octanol–water partition coefficient (Wildman–Crippen LogP) is 2.02. The molecule has 1 aromatic heterocycles. The molecule has 1 amide bonds. The van der Waals surface area contributed by atoms with Crippen molar-refractivity contribution in [3.63, 3.8) is 0 Å². The molecular formula is C18H12F2N4O5. The third-order valence-corrected chi connectivity index (χ3v) is 3.99. The predicted molar refractivity (Wildman–Crippen MR) is 97.8 cm³/mol. The maximum absolute atomic E-state index is 13.8. The number of halogens is 2. The first-order chi connectivity index (χ1) is 13.8. The minimum atomic E-state index is -1.09. The molecule has 0 saturated heterocycles. The van der Waals surface area contributed by atoms with Gasteiger partial charge in [0, 0.05) is 23.5 Å². The molecule has 2 N–H and O–H groups in total. The molecule has 11 heteroatoms. The number of H-pyrrole nitrogens is 1. The number of hydrogen-bond acceptors (Lipinski definition) is 5. The molecule has 3 aromatic rings. The number of benzene rings is 2. The molecule has 2 aromatic carbocycles. The van der Waals surface area contributed by atoms with Crippen LogP contribution in [-0.2, 0) is 6.54 Å². The summed E-state index contributed by atoms with van der Waals surface area (Å²) in [6.07, 6.45) is 0.871. The van der Waals surface area contributed by atoms with Gasteiger partial charge in [-0.25, -0.2) is 9.18 Å². The lowest BCUT2D eigenvalue weighted by atomic mass is 10.2. The van der Waals surface area contributed by atoms with Gasteiger partial charge in [0.05, 0.1) is 11.5 Å². The molecule has 0 aliphatic rings. The lowest BCUT2D eigenvalue weighted by molar-refractivity contribution is -0.387. The number of amides is 1. The van der Waals surface area contributed by atoms with Crippen LogP contribution in [-0.4, -0.2) is 20.4 Å². The van der Waals surface area contributed by atoms with Gasteiger partial charge in [-0.3, -0.25) is 24.3 Å². The normalized spacial score (nSPS) is 10.6. The monoisotopic (exact) mass is 402 g/mol. The van der Waals surface area contributed by atoms with Gasteiger partial charge in [-0.05, 0) is 18.2 Å².